The van der Waals surface area contributed by atoms with Crippen LogP contribution in [0.4, 0.5) is 4.39 Å². The van der Waals surface area contributed by atoms with Crippen molar-refractivity contribution >= 4 is 54.2 Å². The van der Waals surface area contributed by atoms with E-state index < -0.39 is 32.6 Å². The highest BCUT2D eigenvalue weighted by atomic mass is 79.9. The number of H-pyrrole nitrogens is 1. The van der Waals surface area contributed by atoms with E-state index in [1.807, 2.05) is 6.07 Å². The van der Waals surface area contributed by atoms with E-state index in [1.165, 1.54) is 42.5 Å². The van der Waals surface area contributed by atoms with Crippen molar-refractivity contribution in [2.45, 2.75) is 22.7 Å². The van der Waals surface area contributed by atoms with Gasteiger partial charge in [-0.1, -0.05) is 33.6 Å². The van der Waals surface area contributed by atoms with E-state index in [9.17, 15) is 13.2 Å². The zero-order valence-electron chi connectivity index (χ0n) is 19.9. The lowest BCUT2D eigenvalue weighted by Crippen LogP contribution is -2.40. The molecule has 2 heterocycles. The van der Waals surface area contributed by atoms with Crippen LogP contribution in [0.3, 0.4) is 0 Å². The summed E-state index contributed by atoms with van der Waals surface area (Å²) < 4.78 is 51.8. The number of hydrogen-bond acceptors (Lipinski definition) is 6. The van der Waals surface area contributed by atoms with Crippen molar-refractivity contribution in [1.29, 1.82) is 0 Å². The SMILES string of the molecule is O=C(O)c1ccc(-c2nnc([C@@](F)([C@@H]3Cc4[nH]c5ccc(Cl)cc5c4C3)S(=O)(=O)c3cccc(Br)c3)o2)cc1. The zero-order valence-corrected chi connectivity index (χ0v) is 23.0. The number of carbonyl (C=O) groups is 1. The topological polar surface area (TPSA) is 126 Å². The number of hydrogen-bond donors (Lipinski definition) is 2. The Balaban J connectivity index is 1.47. The predicted octanol–water partition coefficient (Wildman–Crippen LogP) is 6.34. The highest BCUT2D eigenvalue weighted by molar-refractivity contribution is 9.10. The van der Waals surface area contributed by atoms with Crippen molar-refractivity contribution in [1.82, 2.24) is 15.2 Å². The third-order valence-corrected chi connectivity index (χ3v) is 9.87. The average Bonchev–Trinajstić information content (AvgIpc) is 3.64. The van der Waals surface area contributed by atoms with E-state index in [0.717, 1.165) is 16.5 Å². The number of sulfone groups is 1. The number of aromatic carboxylic acids is 1. The first kappa shape index (κ1) is 25.7. The van der Waals surface area contributed by atoms with Gasteiger partial charge in [0.1, 0.15) is 0 Å². The quantitative estimate of drug-likeness (QED) is 0.224. The Morgan fingerprint density at radius 1 is 1.10 bits per heavy atom. The molecule has 5 aromatic rings. The molecule has 39 heavy (non-hydrogen) atoms. The molecule has 2 N–H and O–H groups in total. The number of alkyl halides is 1. The molecule has 6 rings (SSSR count). The number of carboxylic acid groups (broad SMARTS) is 1. The highest BCUT2D eigenvalue weighted by Gasteiger charge is 2.59. The van der Waals surface area contributed by atoms with Gasteiger partial charge in [-0.05, 0) is 79.1 Å². The van der Waals surface area contributed by atoms with Gasteiger partial charge in [0.25, 0.3) is 10.9 Å². The number of fused-ring (bicyclic) bond motifs is 3. The number of nitrogens with one attached hydrogen (secondary N) is 1. The van der Waals surface area contributed by atoms with Crippen LogP contribution in [-0.4, -0.2) is 34.7 Å². The van der Waals surface area contributed by atoms with E-state index >= 15 is 4.39 Å². The third-order valence-electron chi connectivity index (χ3n) is 6.98. The van der Waals surface area contributed by atoms with Crippen LogP contribution in [0.15, 0.2) is 80.5 Å². The van der Waals surface area contributed by atoms with Crippen LogP contribution in [0.5, 0.6) is 0 Å². The minimum absolute atomic E-state index is 0.0370. The summed E-state index contributed by atoms with van der Waals surface area (Å²) in [6, 6.07) is 16.7. The minimum Gasteiger partial charge on any atom is -0.478 e. The van der Waals surface area contributed by atoms with Gasteiger partial charge in [0.05, 0.1) is 10.5 Å². The van der Waals surface area contributed by atoms with Gasteiger partial charge in [-0.15, -0.1) is 10.2 Å². The number of aromatic amines is 1. The summed E-state index contributed by atoms with van der Waals surface area (Å²) in [6.07, 6.45) is 0.167. The lowest BCUT2D eigenvalue weighted by molar-refractivity contribution is 0.0697. The molecule has 1 aliphatic carbocycles. The average molecular weight is 631 g/mol. The Kier molecular flexibility index (Phi) is 6.12. The minimum atomic E-state index is -4.71. The molecule has 0 radical (unpaired) electrons. The van der Waals surface area contributed by atoms with Gasteiger partial charge in [0.2, 0.25) is 15.7 Å². The summed E-state index contributed by atoms with van der Waals surface area (Å²) in [5.41, 5.74) is 2.68. The first-order valence-corrected chi connectivity index (χ1v) is 14.4. The van der Waals surface area contributed by atoms with E-state index in [-0.39, 0.29) is 29.2 Å². The number of benzene rings is 3. The van der Waals surface area contributed by atoms with Crippen LogP contribution in [0.25, 0.3) is 22.4 Å². The maximum Gasteiger partial charge on any atom is 0.335 e. The predicted molar refractivity (Wildman–Crippen MR) is 145 cm³/mol. The molecule has 0 fully saturated rings. The molecule has 0 saturated carbocycles. The first-order chi connectivity index (χ1) is 18.6. The van der Waals surface area contributed by atoms with Gasteiger partial charge in [0.15, 0.2) is 0 Å². The van der Waals surface area contributed by atoms with Crippen LogP contribution >= 0.6 is 27.5 Å². The Morgan fingerprint density at radius 3 is 2.59 bits per heavy atom. The van der Waals surface area contributed by atoms with Crippen LogP contribution in [0.1, 0.15) is 27.5 Å². The van der Waals surface area contributed by atoms with Crippen molar-refractivity contribution in [3.05, 3.63) is 98.9 Å². The summed E-state index contributed by atoms with van der Waals surface area (Å²) in [5.74, 6) is -3.04. The largest absolute Gasteiger partial charge is 0.478 e. The monoisotopic (exact) mass is 629 g/mol. The molecule has 2 atom stereocenters. The molecule has 0 unspecified atom stereocenters. The van der Waals surface area contributed by atoms with E-state index in [2.05, 4.69) is 31.1 Å². The summed E-state index contributed by atoms with van der Waals surface area (Å²) >= 11 is 9.47. The number of halogens is 3. The van der Waals surface area contributed by atoms with Gasteiger partial charge in [-0.25, -0.2) is 17.6 Å². The Labute approximate surface area is 234 Å². The maximum atomic E-state index is 17.5. The summed E-state index contributed by atoms with van der Waals surface area (Å²) in [4.78, 5) is 14.2. The standard InChI is InChI=1S/C27H18BrClFN3O5S/c28-17-2-1-3-19(12-17)39(36,37)27(30,16-10-20-21-13-18(29)8-9-22(21)31-23(20)11-16)26-33-32-24(38-26)14-4-6-15(7-5-14)25(34)35/h1-9,12-13,16,31H,10-11H2,(H,34,35)/t16-,27+/m0/s1. The fourth-order valence-electron chi connectivity index (χ4n) is 5.06. The molecular formula is C27H18BrClFN3O5S. The zero-order chi connectivity index (χ0) is 27.5. The molecule has 0 amide bonds. The van der Waals surface area contributed by atoms with E-state index in [4.69, 9.17) is 21.1 Å². The van der Waals surface area contributed by atoms with Crippen molar-refractivity contribution in [3.8, 4) is 11.5 Å². The van der Waals surface area contributed by atoms with Gasteiger partial charge in [-0.3, -0.25) is 0 Å². The Bertz CT molecular complexity index is 1870. The lowest BCUT2D eigenvalue weighted by Gasteiger charge is -2.28. The normalized spacial score (nSPS) is 16.7. The van der Waals surface area contributed by atoms with Crippen molar-refractivity contribution in [3.63, 3.8) is 0 Å². The van der Waals surface area contributed by atoms with Crippen molar-refractivity contribution in [2.24, 2.45) is 5.92 Å². The number of carboxylic acids is 1. The fourth-order valence-corrected chi connectivity index (χ4v) is 7.58. The van der Waals surface area contributed by atoms with Crippen molar-refractivity contribution < 1.29 is 27.1 Å². The number of rotatable bonds is 6. The molecule has 0 bridgehead atoms. The number of aromatic nitrogens is 3. The van der Waals surface area contributed by atoms with E-state index in [1.54, 1.807) is 18.2 Å². The lowest BCUT2D eigenvalue weighted by atomic mass is 9.98. The Morgan fingerprint density at radius 2 is 1.87 bits per heavy atom. The summed E-state index contributed by atoms with van der Waals surface area (Å²) in [7, 11) is -4.71. The first-order valence-electron chi connectivity index (χ1n) is 11.7. The second kappa shape index (κ2) is 9.29. The maximum absolute atomic E-state index is 17.5. The van der Waals surface area contributed by atoms with Crippen LogP contribution < -0.4 is 0 Å². The second-order valence-corrected chi connectivity index (χ2v) is 12.7. The molecule has 198 valence electrons. The van der Waals surface area contributed by atoms with Gasteiger partial charge in [0, 0.05) is 37.6 Å². The number of nitrogens with zero attached hydrogens (tertiary/aromatic N) is 2. The second-order valence-electron chi connectivity index (χ2n) is 9.28. The molecule has 12 heteroatoms. The highest BCUT2D eigenvalue weighted by Crippen LogP contribution is 2.50. The van der Waals surface area contributed by atoms with E-state index in [0.29, 0.717) is 20.8 Å². The Hall–Kier alpha value is -3.54. The summed E-state index contributed by atoms with van der Waals surface area (Å²) in [5, 5.41) is 15.2. The van der Waals surface area contributed by atoms with Gasteiger partial charge < -0.3 is 14.5 Å². The molecule has 0 saturated heterocycles. The van der Waals surface area contributed by atoms with Crippen LogP contribution in [0, 0.1) is 5.92 Å². The van der Waals surface area contributed by atoms with Crippen LogP contribution in [0.2, 0.25) is 5.02 Å². The molecule has 2 aromatic heterocycles. The molecule has 8 nitrogen and oxygen atoms in total. The van der Waals surface area contributed by atoms with Crippen molar-refractivity contribution in [2.75, 3.05) is 0 Å². The molecule has 0 aliphatic heterocycles. The molecule has 3 aromatic carbocycles. The molecule has 0 spiro atoms. The summed E-state index contributed by atoms with van der Waals surface area (Å²) in [6.45, 7) is 0. The third kappa shape index (κ3) is 4.16. The molecule has 1 aliphatic rings. The van der Waals surface area contributed by atoms with Gasteiger partial charge >= 0.3 is 5.97 Å². The smallest absolute Gasteiger partial charge is 0.335 e. The fraction of sp³-hybridized carbons (Fsp3) is 0.148. The molecular weight excluding hydrogens is 613 g/mol. The van der Waals surface area contributed by atoms with Crippen LogP contribution in [-0.2, 0) is 27.7 Å². The van der Waals surface area contributed by atoms with Gasteiger partial charge in [-0.2, -0.15) is 0 Å².